The van der Waals surface area contributed by atoms with Gasteiger partial charge in [0.2, 0.25) is 15.9 Å². The summed E-state index contributed by atoms with van der Waals surface area (Å²) in [7, 11) is -3.66. The molecule has 0 spiro atoms. The van der Waals surface area contributed by atoms with Crippen molar-refractivity contribution in [3.05, 3.63) is 99.5 Å². The van der Waals surface area contributed by atoms with Gasteiger partial charge < -0.3 is 5.32 Å². The van der Waals surface area contributed by atoms with Crippen molar-refractivity contribution < 1.29 is 13.2 Å². The first-order chi connectivity index (χ1) is 14.6. The van der Waals surface area contributed by atoms with Gasteiger partial charge in [0, 0.05) is 4.47 Å². The second kappa shape index (κ2) is 9.66. The summed E-state index contributed by atoms with van der Waals surface area (Å²) >= 11 is 3.42. The molecule has 5 nitrogen and oxygen atoms in total. The highest BCUT2D eigenvalue weighted by atomic mass is 79.9. The van der Waals surface area contributed by atoms with Gasteiger partial charge in [-0.2, -0.15) is 0 Å². The van der Waals surface area contributed by atoms with Crippen LogP contribution in [0.2, 0.25) is 0 Å². The largest absolute Gasteiger partial charge is 0.344 e. The van der Waals surface area contributed by atoms with Crippen molar-refractivity contribution in [2.45, 2.75) is 19.9 Å². The predicted octanol–water partition coefficient (Wildman–Crippen LogP) is 4.74. The molecule has 7 heteroatoms. The lowest BCUT2D eigenvalue weighted by Gasteiger charge is -2.25. The zero-order valence-electron chi connectivity index (χ0n) is 17.7. The summed E-state index contributed by atoms with van der Waals surface area (Å²) in [4.78, 5) is 13.0. The third-order valence-corrected chi connectivity index (χ3v) is 6.96. The van der Waals surface area contributed by atoms with Crippen molar-refractivity contribution in [3.8, 4) is 0 Å². The van der Waals surface area contributed by atoms with E-state index in [1.54, 1.807) is 18.2 Å². The second-order valence-electron chi connectivity index (χ2n) is 7.53. The highest BCUT2D eigenvalue weighted by Gasteiger charge is 2.24. The van der Waals surface area contributed by atoms with Crippen LogP contribution in [-0.2, 0) is 14.8 Å². The molecule has 0 radical (unpaired) electrons. The van der Waals surface area contributed by atoms with Crippen molar-refractivity contribution in [1.82, 2.24) is 5.32 Å². The molecule has 162 valence electrons. The first-order valence-electron chi connectivity index (χ1n) is 9.80. The van der Waals surface area contributed by atoms with E-state index in [1.807, 2.05) is 68.4 Å². The number of carbonyl (C=O) groups is 1. The number of anilines is 1. The lowest BCUT2D eigenvalue weighted by Crippen LogP contribution is -2.41. The summed E-state index contributed by atoms with van der Waals surface area (Å²) in [5.41, 5.74) is 4.27. The summed E-state index contributed by atoms with van der Waals surface area (Å²) in [6.45, 7) is 3.56. The maximum atomic E-state index is 13.0. The Balaban J connectivity index is 1.90. The van der Waals surface area contributed by atoms with Gasteiger partial charge in [0.25, 0.3) is 0 Å². The number of carbonyl (C=O) groups excluding carboxylic acids is 1. The van der Waals surface area contributed by atoms with Gasteiger partial charge in [0.1, 0.15) is 6.54 Å². The van der Waals surface area contributed by atoms with E-state index in [0.29, 0.717) is 5.69 Å². The minimum absolute atomic E-state index is 0.310. The summed E-state index contributed by atoms with van der Waals surface area (Å²) in [6.07, 6.45) is 1.10. The molecule has 3 aromatic rings. The van der Waals surface area contributed by atoms with Crippen LogP contribution in [0.1, 0.15) is 28.3 Å². The number of nitrogens with one attached hydrogen (secondary N) is 1. The molecule has 1 unspecified atom stereocenters. The minimum atomic E-state index is -3.66. The van der Waals surface area contributed by atoms with Crippen LogP contribution in [0.5, 0.6) is 0 Å². The van der Waals surface area contributed by atoms with E-state index in [9.17, 15) is 13.2 Å². The number of amides is 1. The summed E-state index contributed by atoms with van der Waals surface area (Å²) in [5, 5.41) is 3.02. The van der Waals surface area contributed by atoms with Crippen LogP contribution < -0.4 is 9.62 Å². The van der Waals surface area contributed by atoms with Gasteiger partial charge in [-0.25, -0.2) is 8.42 Å². The van der Waals surface area contributed by atoms with E-state index in [0.717, 1.165) is 37.3 Å². The quantitative estimate of drug-likeness (QED) is 0.509. The van der Waals surface area contributed by atoms with Gasteiger partial charge in [-0.1, -0.05) is 76.1 Å². The molecule has 3 aromatic carbocycles. The van der Waals surface area contributed by atoms with Gasteiger partial charge in [0.05, 0.1) is 18.0 Å². The first kappa shape index (κ1) is 23.0. The molecule has 0 aromatic heterocycles. The topological polar surface area (TPSA) is 66.5 Å². The smallest absolute Gasteiger partial charge is 0.241 e. The SMILES string of the molecule is Cc1cccc(C(NC(=O)CN(c2ccc(Br)c(C)c2)S(C)(=O)=O)c2ccccc2)c1. The monoisotopic (exact) mass is 500 g/mol. The molecule has 1 atom stereocenters. The van der Waals surface area contributed by atoms with Crippen molar-refractivity contribution in [1.29, 1.82) is 0 Å². The number of rotatable bonds is 7. The fraction of sp³-hybridized carbons (Fsp3) is 0.208. The molecule has 0 aliphatic rings. The molecule has 0 heterocycles. The van der Waals surface area contributed by atoms with Crippen LogP contribution >= 0.6 is 15.9 Å². The van der Waals surface area contributed by atoms with Crippen LogP contribution in [0.25, 0.3) is 0 Å². The van der Waals surface area contributed by atoms with E-state index < -0.39 is 10.0 Å². The summed E-state index contributed by atoms with van der Waals surface area (Å²) < 4.78 is 26.9. The lowest BCUT2D eigenvalue weighted by molar-refractivity contribution is -0.120. The summed E-state index contributed by atoms with van der Waals surface area (Å²) in [5.74, 6) is -0.388. The molecule has 0 aliphatic heterocycles. The molecule has 0 fully saturated rings. The molecule has 0 saturated carbocycles. The maximum Gasteiger partial charge on any atom is 0.241 e. The van der Waals surface area contributed by atoms with Gasteiger partial charge in [0.15, 0.2) is 0 Å². The lowest BCUT2D eigenvalue weighted by atomic mass is 9.97. The third-order valence-electron chi connectivity index (χ3n) is 4.93. The minimum Gasteiger partial charge on any atom is -0.344 e. The Labute approximate surface area is 192 Å². The number of nitrogens with zero attached hydrogens (tertiary/aromatic N) is 1. The summed E-state index contributed by atoms with van der Waals surface area (Å²) in [6, 6.07) is 22.4. The van der Waals surface area contributed by atoms with E-state index >= 15 is 0 Å². The highest BCUT2D eigenvalue weighted by molar-refractivity contribution is 9.10. The molecule has 1 N–H and O–H groups in total. The number of benzene rings is 3. The zero-order valence-corrected chi connectivity index (χ0v) is 20.1. The molecular formula is C24H25BrN2O3S. The molecule has 0 aliphatic carbocycles. The molecule has 0 bridgehead atoms. The number of hydrogen-bond acceptors (Lipinski definition) is 3. The van der Waals surface area contributed by atoms with E-state index in [4.69, 9.17) is 0 Å². The number of halogens is 1. The number of hydrogen-bond donors (Lipinski definition) is 1. The van der Waals surface area contributed by atoms with Gasteiger partial charge in [-0.15, -0.1) is 0 Å². The Hall–Kier alpha value is -2.64. The third kappa shape index (κ3) is 5.95. The van der Waals surface area contributed by atoms with Gasteiger partial charge in [-0.05, 0) is 48.7 Å². The van der Waals surface area contributed by atoms with E-state index in [2.05, 4.69) is 21.2 Å². The standard InChI is InChI=1S/C24H25BrN2O3S/c1-17-8-7-11-20(14-17)24(19-9-5-4-6-10-19)26-23(28)16-27(31(3,29)30)21-12-13-22(25)18(2)15-21/h4-15,24H,16H2,1-3H3,(H,26,28). The van der Waals surface area contributed by atoms with Crippen LogP contribution in [0.4, 0.5) is 5.69 Å². The molecule has 1 amide bonds. The highest BCUT2D eigenvalue weighted by Crippen LogP contribution is 2.26. The van der Waals surface area contributed by atoms with Crippen LogP contribution in [0, 0.1) is 13.8 Å². The molecule has 31 heavy (non-hydrogen) atoms. The molecular weight excluding hydrogens is 476 g/mol. The van der Waals surface area contributed by atoms with E-state index in [1.165, 1.54) is 0 Å². The Kier molecular flexibility index (Phi) is 7.18. The Morgan fingerprint density at radius 1 is 0.968 bits per heavy atom. The average molecular weight is 501 g/mol. The van der Waals surface area contributed by atoms with Crippen molar-refractivity contribution >= 4 is 37.5 Å². The van der Waals surface area contributed by atoms with Crippen LogP contribution in [0.15, 0.2) is 77.3 Å². The first-order valence-corrected chi connectivity index (χ1v) is 12.4. The Morgan fingerprint density at radius 3 is 2.26 bits per heavy atom. The zero-order chi connectivity index (χ0) is 22.6. The Bertz CT molecular complexity index is 1180. The molecule has 3 rings (SSSR count). The van der Waals surface area contributed by atoms with E-state index in [-0.39, 0.29) is 18.5 Å². The molecule has 0 saturated heterocycles. The Morgan fingerprint density at radius 2 is 1.65 bits per heavy atom. The fourth-order valence-corrected chi connectivity index (χ4v) is 4.47. The normalized spacial score (nSPS) is 12.3. The predicted molar refractivity (Wildman–Crippen MR) is 129 cm³/mol. The van der Waals surface area contributed by atoms with Crippen LogP contribution in [-0.4, -0.2) is 27.1 Å². The average Bonchev–Trinajstić information content (AvgIpc) is 2.72. The number of sulfonamides is 1. The van der Waals surface area contributed by atoms with Crippen molar-refractivity contribution in [3.63, 3.8) is 0 Å². The van der Waals surface area contributed by atoms with Gasteiger partial charge in [-0.3, -0.25) is 9.10 Å². The van der Waals surface area contributed by atoms with Gasteiger partial charge >= 0.3 is 0 Å². The van der Waals surface area contributed by atoms with Crippen LogP contribution in [0.3, 0.4) is 0 Å². The fourth-order valence-electron chi connectivity index (χ4n) is 3.38. The van der Waals surface area contributed by atoms with Crippen molar-refractivity contribution in [2.75, 3.05) is 17.1 Å². The second-order valence-corrected chi connectivity index (χ2v) is 10.3. The number of aryl methyl sites for hydroxylation is 2. The maximum absolute atomic E-state index is 13.0. The van der Waals surface area contributed by atoms with Crippen molar-refractivity contribution in [2.24, 2.45) is 0 Å².